The quantitative estimate of drug-likeness (QED) is 0.432. The Morgan fingerprint density at radius 2 is 2.22 bits per heavy atom. The third-order valence-electron chi connectivity index (χ3n) is 2.45. The highest BCUT2D eigenvalue weighted by molar-refractivity contribution is 5.69. The highest BCUT2D eigenvalue weighted by Crippen LogP contribution is 2.23. The summed E-state index contributed by atoms with van der Waals surface area (Å²) in [4.78, 5) is 10.1. The van der Waals surface area contributed by atoms with Crippen molar-refractivity contribution in [3.05, 3.63) is 28.3 Å². The first-order chi connectivity index (χ1) is 8.58. The van der Waals surface area contributed by atoms with Gasteiger partial charge in [-0.2, -0.15) is 0 Å². The van der Waals surface area contributed by atoms with Crippen molar-refractivity contribution in [3.8, 4) is 0 Å². The molecule has 1 unspecified atom stereocenters. The number of benzene rings is 1. The Labute approximate surface area is 105 Å². The second-order valence-corrected chi connectivity index (χ2v) is 3.72. The standard InChI is InChI=1S/C11H17N3O4/c1-17-7-9(18-2)6-13-11-4-3-8(14(15)16)5-10(11)12/h3-5,9,13H,6-7,12H2,1-2H3. The van der Waals surface area contributed by atoms with E-state index in [1.807, 2.05) is 0 Å². The van der Waals surface area contributed by atoms with E-state index in [0.717, 1.165) is 0 Å². The largest absolute Gasteiger partial charge is 0.397 e. The number of hydrogen-bond acceptors (Lipinski definition) is 6. The zero-order valence-electron chi connectivity index (χ0n) is 10.4. The fourth-order valence-electron chi connectivity index (χ4n) is 1.44. The summed E-state index contributed by atoms with van der Waals surface area (Å²) in [6, 6.07) is 4.30. The molecule has 0 saturated carbocycles. The van der Waals surface area contributed by atoms with Crippen molar-refractivity contribution in [2.24, 2.45) is 0 Å². The van der Waals surface area contributed by atoms with Crippen LogP contribution in [0.3, 0.4) is 0 Å². The first-order valence-corrected chi connectivity index (χ1v) is 5.38. The molecular formula is C11H17N3O4. The van der Waals surface area contributed by atoms with Crippen molar-refractivity contribution in [2.75, 3.05) is 38.4 Å². The van der Waals surface area contributed by atoms with Gasteiger partial charge in [0.2, 0.25) is 0 Å². The molecule has 1 rings (SSSR count). The molecule has 7 nitrogen and oxygen atoms in total. The van der Waals surface area contributed by atoms with Crippen molar-refractivity contribution in [1.29, 1.82) is 0 Å². The number of nitrogens with two attached hydrogens (primary N) is 1. The molecule has 0 fully saturated rings. The fourth-order valence-corrected chi connectivity index (χ4v) is 1.44. The molecule has 0 bridgehead atoms. The molecule has 0 saturated heterocycles. The van der Waals surface area contributed by atoms with Gasteiger partial charge >= 0.3 is 0 Å². The number of nitrogen functional groups attached to an aromatic ring is 1. The molecule has 0 aromatic heterocycles. The van der Waals surface area contributed by atoms with Crippen molar-refractivity contribution in [3.63, 3.8) is 0 Å². The molecule has 0 radical (unpaired) electrons. The van der Waals surface area contributed by atoms with Crippen LogP contribution in [-0.4, -0.2) is 38.4 Å². The molecule has 0 amide bonds. The Morgan fingerprint density at radius 3 is 2.72 bits per heavy atom. The molecule has 3 N–H and O–H groups in total. The number of rotatable bonds is 7. The van der Waals surface area contributed by atoms with E-state index in [2.05, 4.69) is 5.32 Å². The average Bonchev–Trinajstić information content (AvgIpc) is 2.35. The zero-order chi connectivity index (χ0) is 13.5. The monoisotopic (exact) mass is 255 g/mol. The van der Waals surface area contributed by atoms with Gasteiger partial charge in [0, 0.05) is 32.9 Å². The van der Waals surface area contributed by atoms with Gasteiger partial charge in [-0.3, -0.25) is 10.1 Å². The van der Waals surface area contributed by atoms with Crippen LogP contribution in [-0.2, 0) is 9.47 Å². The Kier molecular flexibility index (Phi) is 5.34. The molecule has 18 heavy (non-hydrogen) atoms. The van der Waals surface area contributed by atoms with Crippen LogP contribution >= 0.6 is 0 Å². The van der Waals surface area contributed by atoms with E-state index in [0.29, 0.717) is 24.5 Å². The van der Waals surface area contributed by atoms with E-state index in [1.54, 1.807) is 20.3 Å². The van der Waals surface area contributed by atoms with Crippen molar-refractivity contribution >= 4 is 17.1 Å². The number of non-ortho nitro benzene ring substituents is 1. The number of hydrogen-bond donors (Lipinski definition) is 2. The summed E-state index contributed by atoms with van der Waals surface area (Å²) in [6.45, 7) is 0.961. The molecule has 0 aliphatic heterocycles. The van der Waals surface area contributed by atoms with Crippen molar-refractivity contribution in [1.82, 2.24) is 0 Å². The Bertz CT molecular complexity index is 411. The van der Waals surface area contributed by atoms with Crippen molar-refractivity contribution < 1.29 is 14.4 Å². The van der Waals surface area contributed by atoms with Crippen LogP contribution in [0.2, 0.25) is 0 Å². The summed E-state index contributed by atoms with van der Waals surface area (Å²) in [5.74, 6) is 0. The van der Waals surface area contributed by atoms with Gasteiger partial charge in [-0.05, 0) is 6.07 Å². The number of nitro groups is 1. The minimum absolute atomic E-state index is 0.0294. The second-order valence-electron chi connectivity index (χ2n) is 3.72. The molecule has 1 aromatic carbocycles. The van der Waals surface area contributed by atoms with Gasteiger partial charge < -0.3 is 20.5 Å². The van der Waals surface area contributed by atoms with Gasteiger partial charge in [0.05, 0.1) is 29.0 Å². The lowest BCUT2D eigenvalue weighted by Crippen LogP contribution is -2.26. The molecule has 0 aliphatic carbocycles. The maximum absolute atomic E-state index is 10.6. The lowest BCUT2D eigenvalue weighted by atomic mass is 10.2. The van der Waals surface area contributed by atoms with Gasteiger partial charge in [0.15, 0.2) is 0 Å². The number of nitro benzene ring substituents is 1. The summed E-state index contributed by atoms with van der Waals surface area (Å²) in [5.41, 5.74) is 6.66. The Balaban J connectivity index is 2.65. The van der Waals surface area contributed by atoms with Gasteiger partial charge in [-0.15, -0.1) is 0 Å². The third kappa shape index (κ3) is 3.86. The summed E-state index contributed by atoms with van der Waals surface area (Å²) < 4.78 is 10.2. The number of anilines is 2. The highest BCUT2D eigenvalue weighted by Gasteiger charge is 2.10. The molecular weight excluding hydrogens is 238 g/mol. The predicted molar refractivity (Wildman–Crippen MR) is 68.7 cm³/mol. The van der Waals surface area contributed by atoms with Crippen LogP contribution in [0, 0.1) is 10.1 Å². The van der Waals surface area contributed by atoms with E-state index in [-0.39, 0.29) is 11.8 Å². The Morgan fingerprint density at radius 1 is 1.50 bits per heavy atom. The first-order valence-electron chi connectivity index (χ1n) is 5.38. The summed E-state index contributed by atoms with van der Waals surface area (Å²) in [7, 11) is 3.18. The molecule has 1 atom stereocenters. The minimum Gasteiger partial charge on any atom is -0.397 e. The topological polar surface area (TPSA) is 99.6 Å². The lowest BCUT2D eigenvalue weighted by molar-refractivity contribution is -0.384. The molecule has 100 valence electrons. The summed E-state index contributed by atoms with van der Waals surface area (Å²) in [5, 5.41) is 13.6. The molecule has 7 heteroatoms. The van der Waals surface area contributed by atoms with Gasteiger partial charge in [0.25, 0.3) is 5.69 Å². The predicted octanol–water partition coefficient (Wildman–Crippen LogP) is 1.25. The summed E-state index contributed by atoms with van der Waals surface area (Å²) >= 11 is 0. The number of nitrogens with one attached hydrogen (secondary N) is 1. The van der Waals surface area contributed by atoms with Crippen LogP contribution in [0.5, 0.6) is 0 Å². The maximum Gasteiger partial charge on any atom is 0.271 e. The van der Waals surface area contributed by atoms with Crippen LogP contribution in [0.1, 0.15) is 0 Å². The zero-order valence-corrected chi connectivity index (χ0v) is 10.4. The molecule has 0 heterocycles. The van der Waals surface area contributed by atoms with E-state index in [4.69, 9.17) is 15.2 Å². The molecule has 0 spiro atoms. The number of ether oxygens (including phenoxy) is 2. The van der Waals surface area contributed by atoms with Gasteiger partial charge in [-0.1, -0.05) is 0 Å². The van der Waals surface area contributed by atoms with Gasteiger partial charge in [-0.25, -0.2) is 0 Å². The van der Waals surface area contributed by atoms with Gasteiger partial charge in [0.1, 0.15) is 0 Å². The smallest absolute Gasteiger partial charge is 0.271 e. The fraction of sp³-hybridized carbons (Fsp3) is 0.455. The summed E-state index contributed by atoms with van der Waals surface area (Å²) in [6.07, 6.45) is -0.107. The SMILES string of the molecule is COCC(CNc1ccc([N+](=O)[O-])cc1N)OC. The van der Waals surface area contributed by atoms with E-state index >= 15 is 0 Å². The molecule has 1 aromatic rings. The molecule has 0 aliphatic rings. The van der Waals surface area contributed by atoms with Crippen LogP contribution < -0.4 is 11.1 Å². The lowest BCUT2D eigenvalue weighted by Gasteiger charge is -2.16. The van der Waals surface area contributed by atoms with Crippen LogP contribution in [0.15, 0.2) is 18.2 Å². The van der Waals surface area contributed by atoms with E-state index in [9.17, 15) is 10.1 Å². The Hall–Kier alpha value is -1.86. The average molecular weight is 255 g/mol. The van der Waals surface area contributed by atoms with E-state index in [1.165, 1.54) is 12.1 Å². The van der Waals surface area contributed by atoms with E-state index < -0.39 is 4.92 Å². The normalized spacial score (nSPS) is 12.1. The first kappa shape index (κ1) is 14.2. The highest BCUT2D eigenvalue weighted by atomic mass is 16.6. The minimum atomic E-state index is -0.483. The van der Waals surface area contributed by atoms with Crippen molar-refractivity contribution in [2.45, 2.75) is 6.10 Å². The number of nitrogens with zero attached hydrogens (tertiary/aromatic N) is 1. The second kappa shape index (κ2) is 6.77. The third-order valence-corrected chi connectivity index (χ3v) is 2.45. The van der Waals surface area contributed by atoms with Crippen LogP contribution in [0.4, 0.5) is 17.1 Å². The van der Waals surface area contributed by atoms with Crippen LogP contribution in [0.25, 0.3) is 0 Å². The maximum atomic E-state index is 10.6. The number of methoxy groups -OCH3 is 2.